The van der Waals surface area contributed by atoms with Crippen molar-refractivity contribution in [2.45, 2.75) is 13.8 Å². The van der Waals surface area contributed by atoms with Crippen molar-refractivity contribution < 1.29 is 0 Å². The van der Waals surface area contributed by atoms with Crippen molar-refractivity contribution in [3.8, 4) is 11.4 Å². The van der Waals surface area contributed by atoms with Gasteiger partial charge in [-0.05, 0) is 31.5 Å². The van der Waals surface area contributed by atoms with Gasteiger partial charge >= 0.3 is 0 Å². The van der Waals surface area contributed by atoms with Crippen molar-refractivity contribution in [2.24, 2.45) is 0 Å². The predicted molar refractivity (Wildman–Crippen MR) is 81.5 cm³/mol. The number of benzene rings is 1. The molecule has 0 atom stereocenters. The fourth-order valence-corrected chi connectivity index (χ4v) is 2.37. The molecule has 2 rings (SSSR count). The lowest BCUT2D eigenvalue weighted by Crippen LogP contribution is -2.24. The first kappa shape index (κ1) is 14.2. The minimum atomic E-state index is 0.211. The van der Waals surface area contributed by atoms with Crippen LogP contribution in [0.1, 0.15) is 13.8 Å². The van der Waals surface area contributed by atoms with Crippen molar-refractivity contribution in [3.05, 3.63) is 34.0 Å². The number of hydrogen-bond acceptors (Lipinski definition) is 4. The molecule has 0 spiro atoms. The van der Waals surface area contributed by atoms with Gasteiger partial charge in [0, 0.05) is 23.1 Å². The molecule has 0 N–H and O–H groups in total. The van der Waals surface area contributed by atoms with Gasteiger partial charge in [0.1, 0.15) is 0 Å². The zero-order chi connectivity index (χ0) is 13.8. The summed E-state index contributed by atoms with van der Waals surface area (Å²) in [5.41, 5.74) is 0.903. The molecule has 0 aliphatic heterocycles. The first-order valence-electron chi connectivity index (χ1n) is 6.07. The van der Waals surface area contributed by atoms with E-state index in [1.54, 1.807) is 0 Å². The largest absolute Gasteiger partial charge is 0.341 e. The molecule has 0 saturated carbocycles. The number of nitrogens with zero attached hydrogens (tertiary/aromatic N) is 4. The average molecular weight is 342 g/mol. The van der Waals surface area contributed by atoms with Gasteiger partial charge in [-0.15, -0.1) is 0 Å². The third kappa shape index (κ3) is 3.22. The average Bonchev–Trinajstić information content (AvgIpc) is 2.40. The van der Waals surface area contributed by atoms with Gasteiger partial charge in [0.05, 0.1) is 0 Å². The maximum Gasteiger partial charge on any atom is 0.230 e. The van der Waals surface area contributed by atoms with Crippen LogP contribution in [0.5, 0.6) is 0 Å². The maximum atomic E-state index is 6.01. The van der Waals surface area contributed by atoms with Crippen LogP contribution >= 0.6 is 27.5 Å². The second-order valence-corrected chi connectivity index (χ2v) is 5.07. The Morgan fingerprint density at radius 3 is 2.42 bits per heavy atom. The van der Waals surface area contributed by atoms with Crippen LogP contribution in [0.3, 0.4) is 0 Å². The van der Waals surface area contributed by atoms with Crippen molar-refractivity contribution in [3.63, 3.8) is 0 Å². The number of anilines is 1. The minimum absolute atomic E-state index is 0.211. The van der Waals surface area contributed by atoms with Gasteiger partial charge in [-0.2, -0.15) is 15.0 Å². The van der Waals surface area contributed by atoms with Crippen molar-refractivity contribution in [1.29, 1.82) is 0 Å². The van der Waals surface area contributed by atoms with Crippen LogP contribution in [0.2, 0.25) is 5.28 Å². The molecule has 0 unspecified atom stereocenters. The van der Waals surface area contributed by atoms with Crippen LogP contribution in [0, 0.1) is 0 Å². The fraction of sp³-hybridized carbons (Fsp3) is 0.308. The SMILES string of the molecule is CCN(CC)c1nc(Cl)nc(-c2ccccc2Br)n1. The van der Waals surface area contributed by atoms with E-state index in [9.17, 15) is 0 Å². The van der Waals surface area contributed by atoms with Gasteiger partial charge in [0.25, 0.3) is 0 Å². The van der Waals surface area contributed by atoms with Crippen molar-refractivity contribution in [1.82, 2.24) is 15.0 Å². The van der Waals surface area contributed by atoms with Crippen LogP contribution in [0.15, 0.2) is 28.7 Å². The molecule has 6 heteroatoms. The Balaban J connectivity index is 2.51. The summed E-state index contributed by atoms with van der Waals surface area (Å²) in [4.78, 5) is 14.9. The first-order chi connectivity index (χ1) is 9.15. The Morgan fingerprint density at radius 1 is 1.11 bits per heavy atom. The molecule has 0 bridgehead atoms. The molecule has 1 heterocycles. The van der Waals surface area contributed by atoms with E-state index in [-0.39, 0.29) is 5.28 Å². The fourth-order valence-electron chi connectivity index (χ4n) is 1.75. The lowest BCUT2D eigenvalue weighted by molar-refractivity contribution is 0.813. The zero-order valence-electron chi connectivity index (χ0n) is 10.8. The standard InChI is InChI=1S/C13H14BrClN4/c1-3-19(4-2)13-17-11(16-12(15)18-13)9-7-5-6-8-10(9)14/h5-8H,3-4H2,1-2H3. The lowest BCUT2D eigenvalue weighted by atomic mass is 10.2. The normalized spacial score (nSPS) is 10.5. The van der Waals surface area contributed by atoms with E-state index in [2.05, 4.69) is 44.7 Å². The van der Waals surface area contributed by atoms with Gasteiger partial charge in [0.15, 0.2) is 5.82 Å². The van der Waals surface area contributed by atoms with Crippen LogP contribution in [-0.2, 0) is 0 Å². The van der Waals surface area contributed by atoms with Gasteiger partial charge in [0.2, 0.25) is 11.2 Å². The first-order valence-corrected chi connectivity index (χ1v) is 7.24. The Labute approximate surface area is 126 Å². The van der Waals surface area contributed by atoms with Gasteiger partial charge < -0.3 is 4.90 Å². The molecule has 100 valence electrons. The van der Waals surface area contributed by atoms with Crippen LogP contribution < -0.4 is 4.90 Å². The van der Waals surface area contributed by atoms with Crippen LogP contribution in [-0.4, -0.2) is 28.0 Å². The second kappa shape index (κ2) is 6.30. The Kier molecular flexibility index (Phi) is 4.71. The predicted octanol–water partition coefficient (Wildman–Crippen LogP) is 3.80. The summed E-state index contributed by atoms with van der Waals surface area (Å²) in [6.07, 6.45) is 0. The molecule has 0 amide bonds. The highest BCUT2D eigenvalue weighted by atomic mass is 79.9. The van der Waals surface area contributed by atoms with Crippen LogP contribution in [0.4, 0.5) is 5.95 Å². The van der Waals surface area contributed by atoms with Gasteiger partial charge in [-0.25, -0.2) is 0 Å². The molecule has 19 heavy (non-hydrogen) atoms. The molecule has 2 aromatic rings. The quantitative estimate of drug-likeness (QED) is 0.848. The summed E-state index contributed by atoms with van der Waals surface area (Å²) >= 11 is 9.50. The summed E-state index contributed by atoms with van der Waals surface area (Å²) in [5.74, 6) is 1.19. The summed E-state index contributed by atoms with van der Waals surface area (Å²) in [7, 11) is 0. The third-order valence-electron chi connectivity index (χ3n) is 2.76. The smallest absolute Gasteiger partial charge is 0.230 e. The molecule has 1 aromatic carbocycles. The monoisotopic (exact) mass is 340 g/mol. The Hall–Kier alpha value is -1.20. The molecule has 0 radical (unpaired) electrons. The summed E-state index contributed by atoms with van der Waals surface area (Å²) in [6.45, 7) is 5.76. The molecule has 0 aliphatic carbocycles. The van der Waals surface area contributed by atoms with E-state index < -0.39 is 0 Å². The number of hydrogen-bond donors (Lipinski definition) is 0. The minimum Gasteiger partial charge on any atom is -0.341 e. The number of rotatable bonds is 4. The Bertz CT molecular complexity index is 572. The van der Waals surface area contributed by atoms with Gasteiger partial charge in [-0.3, -0.25) is 0 Å². The molecular weight excluding hydrogens is 328 g/mol. The number of halogens is 2. The zero-order valence-corrected chi connectivity index (χ0v) is 13.1. The Morgan fingerprint density at radius 2 is 1.79 bits per heavy atom. The molecule has 0 fully saturated rings. The number of aromatic nitrogens is 3. The van der Waals surface area contributed by atoms with E-state index >= 15 is 0 Å². The highest BCUT2D eigenvalue weighted by Gasteiger charge is 2.12. The molecule has 0 saturated heterocycles. The molecule has 1 aromatic heterocycles. The van der Waals surface area contributed by atoms with Gasteiger partial charge in [-0.1, -0.05) is 34.1 Å². The van der Waals surface area contributed by atoms with Crippen LogP contribution in [0.25, 0.3) is 11.4 Å². The highest BCUT2D eigenvalue weighted by Crippen LogP contribution is 2.26. The summed E-state index contributed by atoms with van der Waals surface area (Å²) in [6, 6.07) is 7.78. The molecular formula is C13H14BrClN4. The lowest BCUT2D eigenvalue weighted by Gasteiger charge is -2.18. The van der Waals surface area contributed by atoms with Crippen molar-refractivity contribution >= 4 is 33.5 Å². The molecule has 4 nitrogen and oxygen atoms in total. The van der Waals surface area contributed by atoms with E-state index in [0.717, 1.165) is 23.1 Å². The topological polar surface area (TPSA) is 41.9 Å². The van der Waals surface area contributed by atoms with E-state index in [4.69, 9.17) is 11.6 Å². The third-order valence-corrected chi connectivity index (χ3v) is 3.62. The molecule has 0 aliphatic rings. The van der Waals surface area contributed by atoms with Crippen molar-refractivity contribution in [2.75, 3.05) is 18.0 Å². The summed E-state index contributed by atoms with van der Waals surface area (Å²) in [5, 5.41) is 0.211. The summed E-state index contributed by atoms with van der Waals surface area (Å²) < 4.78 is 0.933. The maximum absolute atomic E-state index is 6.01. The second-order valence-electron chi connectivity index (χ2n) is 3.88. The van der Waals surface area contributed by atoms with E-state index in [0.29, 0.717) is 11.8 Å². The highest BCUT2D eigenvalue weighted by molar-refractivity contribution is 9.10. The van der Waals surface area contributed by atoms with E-state index in [1.807, 2.05) is 29.2 Å². The van der Waals surface area contributed by atoms with E-state index in [1.165, 1.54) is 0 Å².